The number of hydrogen-bond acceptors (Lipinski definition) is 2. The number of urea groups is 1. The Morgan fingerprint density at radius 2 is 2.40 bits per heavy atom. The zero-order valence-electron chi connectivity index (χ0n) is 8.14. The van der Waals surface area contributed by atoms with E-state index < -0.39 is 0 Å². The fourth-order valence-electron chi connectivity index (χ4n) is 1.48. The van der Waals surface area contributed by atoms with Crippen molar-refractivity contribution in [3.05, 3.63) is 34.2 Å². The lowest BCUT2D eigenvalue weighted by atomic mass is 10.1. The summed E-state index contributed by atoms with van der Waals surface area (Å²) in [7, 11) is 1.71. The fourth-order valence-corrected chi connectivity index (χ4v) is 1.48. The summed E-state index contributed by atoms with van der Waals surface area (Å²) in [6, 6.07) is 5.05. The van der Waals surface area contributed by atoms with Crippen molar-refractivity contribution in [3.63, 3.8) is 0 Å². The molecule has 1 heterocycles. The van der Waals surface area contributed by atoms with Crippen LogP contribution in [0.2, 0.25) is 0 Å². The van der Waals surface area contributed by atoms with Gasteiger partial charge in [0.1, 0.15) is 0 Å². The number of nitrogens with one attached hydrogen (secondary N) is 1. The number of benzene rings is 1. The first-order valence-electron chi connectivity index (χ1n) is 4.41. The van der Waals surface area contributed by atoms with Gasteiger partial charge in [0.15, 0.2) is 0 Å². The molecule has 0 bridgehead atoms. The highest BCUT2D eigenvalue weighted by Crippen LogP contribution is 2.26. The van der Waals surface area contributed by atoms with Crippen LogP contribution in [0.15, 0.2) is 23.3 Å². The number of rotatable bonds is 1. The Morgan fingerprint density at radius 3 is 3.13 bits per heavy atom. The largest absolute Gasteiger partial charge is 0.323 e. The van der Waals surface area contributed by atoms with Crippen molar-refractivity contribution in [2.75, 3.05) is 12.4 Å². The molecule has 0 spiro atoms. The molecule has 1 aromatic carbocycles. The van der Waals surface area contributed by atoms with Crippen LogP contribution >= 0.6 is 0 Å². The lowest BCUT2D eigenvalue weighted by Gasteiger charge is -2.25. The molecule has 1 N–H and O–H groups in total. The van der Waals surface area contributed by atoms with Gasteiger partial charge in [-0.25, -0.2) is 4.79 Å². The van der Waals surface area contributed by atoms with Crippen LogP contribution in [0.4, 0.5) is 16.2 Å². The maximum absolute atomic E-state index is 11.3. The number of azide groups is 1. The minimum atomic E-state index is -0.126. The number of nitrogens with zero attached hydrogens (tertiary/aromatic N) is 4. The van der Waals surface area contributed by atoms with Gasteiger partial charge in [0, 0.05) is 29.9 Å². The summed E-state index contributed by atoms with van der Waals surface area (Å²) >= 11 is 0. The van der Waals surface area contributed by atoms with Crippen molar-refractivity contribution in [3.8, 4) is 0 Å². The molecule has 0 unspecified atom stereocenters. The van der Waals surface area contributed by atoms with Crippen LogP contribution in [0, 0.1) is 0 Å². The standard InChI is InChI=1S/C9H9N5O/c1-14-5-6-4-7(12-13-10)2-3-8(6)11-9(14)15/h2-4H,5H2,1H3,(H,11,15). The van der Waals surface area contributed by atoms with E-state index in [2.05, 4.69) is 15.3 Å². The van der Waals surface area contributed by atoms with E-state index in [-0.39, 0.29) is 6.03 Å². The highest BCUT2D eigenvalue weighted by Gasteiger charge is 2.18. The smallest absolute Gasteiger partial charge is 0.321 e. The first-order chi connectivity index (χ1) is 7.20. The third kappa shape index (κ3) is 1.70. The third-order valence-electron chi connectivity index (χ3n) is 2.24. The van der Waals surface area contributed by atoms with Gasteiger partial charge in [-0.3, -0.25) is 0 Å². The molecule has 0 aromatic heterocycles. The number of carbonyl (C=O) groups is 1. The van der Waals surface area contributed by atoms with Gasteiger partial charge in [0.25, 0.3) is 0 Å². The maximum Gasteiger partial charge on any atom is 0.321 e. The molecular formula is C9H9N5O. The normalized spacial score (nSPS) is 13.9. The molecule has 6 nitrogen and oxygen atoms in total. The zero-order valence-corrected chi connectivity index (χ0v) is 8.14. The molecule has 0 saturated carbocycles. The number of hydrogen-bond donors (Lipinski definition) is 1. The first-order valence-corrected chi connectivity index (χ1v) is 4.41. The molecule has 0 fully saturated rings. The van der Waals surface area contributed by atoms with Crippen molar-refractivity contribution in [1.29, 1.82) is 0 Å². The van der Waals surface area contributed by atoms with E-state index >= 15 is 0 Å². The molecule has 0 radical (unpaired) electrons. The van der Waals surface area contributed by atoms with Crippen LogP contribution in [-0.4, -0.2) is 18.0 Å². The molecule has 6 heteroatoms. The summed E-state index contributed by atoms with van der Waals surface area (Å²) in [5.74, 6) is 0. The quantitative estimate of drug-likeness (QED) is 0.424. The summed E-state index contributed by atoms with van der Waals surface area (Å²) in [6.45, 7) is 0.524. The highest BCUT2D eigenvalue weighted by atomic mass is 16.2. The Kier molecular flexibility index (Phi) is 2.19. The summed E-state index contributed by atoms with van der Waals surface area (Å²) in [5, 5.41) is 6.24. The van der Waals surface area contributed by atoms with Gasteiger partial charge < -0.3 is 10.2 Å². The van der Waals surface area contributed by atoms with E-state index in [9.17, 15) is 4.79 Å². The van der Waals surface area contributed by atoms with E-state index in [1.54, 1.807) is 30.1 Å². The number of fused-ring (bicyclic) bond motifs is 1. The van der Waals surface area contributed by atoms with E-state index in [1.807, 2.05) is 0 Å². The predicted molar refractivity (Wildman–Crippen MR) is 55.7 cm³/mol. The van der Waals surface area contributed by atoms with Gasteiger partial charge >= 0.3 is 6.03 Å². The molecule has 0 aliphatic carbocycles. The zero-order chi connectivity index (χ0) is 10.8. The Bertz CT molecular complexity index is 464. The van der Waals surface area contributed by atoms with Gasteiger partial charge in [-0.1, -0.05) is 11.2 Å². The Labute approximate surface area is 86.1 Å². The summed E-state index contributed by atoms with van der Waals surface area (Å²) < 4.78 is 0. The molecule has 15 heavy (non-hydrogen) atoms. The molecule has 1 aromatic rings. The average molecular weight is 203 g/mol. The molecule has 0 saturated heterocycles. The van der Waals surface area contributed by atoms with E-state index in [0.717, 1.165) is 11.3 Å². The number of carbonyl (C=O) groups excluding carboxylic acids is 1. The molecule has 76 valence electrons. The van der Waals surface area contributed by atoms with Crippen LogP contribution in [-0.2, 0) is 6.54 Å². The van der Waals surface area contributed by atoms with Crippen LogP contribution < -0.4 is 5.32 Å². The topological polar surface area (TPSA) is 81.1 Å². The second-order valence-electron chi connectivity index (χ2n) is 3.32. The number of anilines is 1. The number of amides is 2. The van der Waals surface area contributed by atoms with Crippen molar-refractivity contribution in [1.82, 2.24) is 4.90 Å². The molecule has 2 amide bonds. The Balaban J connectivity index is 2.41. The van der Waals surface area contributed by atoms with Gasteiger partial charge in [0.2, 0.25) is 0 Å². The third-order valence-corrected chi connectivity index (χ3v) is 2.24. The van der Waals surface area contributed by atoms with Gasteiger partial charge in [0.05, 0.1) is 0 Å². The second-order valence-corrected chi connectivity index (χ2v) is 3.32. The van der Waals surface area contributed by atoms with E-state index in [0.29, 0.717) is 12.2 Å². The highest BCUT2D eigenvalue weighted by molar-refractivity contribution is 5.92. The molecule has 1 aliphatic rings. The minimum absolute atomic E-state index is 0.126. The monoisotopic (exact) mass is 203 g/mol. The van der Waals surface area contributed by atoms with Gasteiger partial charge in [-0.05, 0) is 23.2 Å². The molecule has 2 rings (SSSR count). The Hall–Kier alpha value is -2.20. The molecule has 1 aliphatic heterocycles. The Morgan fingerprint density at radius 1 is 1.60 bits per heavy atom. The average Bonchev–Trinajstić information content (AvgIpc) is 2.21. The molecule has 0 atom stereocenters. The van der Waals surface area contributed by atoms with Crippen LogP contribution in [0.1, 0.15) is 5.56 Å². The summed E-state index contributed by atoms with van der Waals surface area (Å²) in [6.07, 6.45) is 0. The van der Waals surface area contributed by atoms with Gasteiger partial charge in [-0.2, -0.15) is 0 Å². The van der Waals surface area contributed by atoms with E-state index in [1.165, 1.54) is 0 Å². The fraction of sp³-hybridized carbons (Fsp3) is 0.222. The van der Waals surface area contributed by atoms with Crippen molar-refractivity contribution in [2.45, 2.75) is 6.54 Å². The molecular weight excluding hydrogens is 194 g/mol. The second kappa shape index (κ2) is 3.51. The van der Waals surface area contributed by atoms with Crippen molar-refractivity contribution in [2.24, 2.45) is 5.11 Å². The summed E-state index contributed by atoms with van der Waals surface area (Å²) in [4.78, 5) is 15.6. The van der Waals surface area contributed by atoms with Crippen LogP contribution in [0.5, 0.6) is 0 Å². The lowest BCUT2D eigenvalue weighted by molar-refractivity contribution is 0.218. The van der Waals surface area contributed by atoms with Gasteiger partial charge in [-0.15, -0.1) is 0 Å². The van der Waals surface area contributed by atoms with Crippen LogP contribution in [0.3, 0.4) is 0 Å². The lowest BCUT2D eigenvalue weighted by Crippen LogP contribution is -2.35. The summed E-state index contributed by atoms with van der Waals surface area (Å²) in [5.41, 5.74) is 10.6. The first kappa shape index (κ1) is 9.36. The van der Waals surface area contributed by atoms with E-state index in [4.69, 9.17) is 5.53 Å². The predicted octanol–water partition coefficient (Wildman–Crippen LogP) is 2.61. The minimum Gasteiger partial charge on any atom is -0.323 e. The van der Waals surface area contributed by atoms with Crippen molar-refractivity contribution >= 4 is 17.4 Å². The maximum atomic E-state index is 11.3. The van der Waals surface area contributed by atoms with Crippen molar-refractivity contribution < 1.29 is 4.79 Å². The SMILES string of the molecule is CN1Cc2cc(N=[N+]=[N-])ccc2NC1=O. The van der Waals surface area contributed by atoms with Crippen LogP contribution in [0.25, 0.3) is 10.4 Å².